The van der Waals surface area contributed by atoms with Crippen molar-refractivity contribution in [1.82, 2.24) is 4.98 Å². The number of hydrogen-bond donors (Lipinski definition) is 2. The lowest BCUT2D eigenvalue weighted by Crippen LogP contribution is -2.20. The first kappa shape index (κ1) is 19.3. The summed E-state index contributed by atoms with van der Waals surface area (Å²) in [5.41, 5.74) is 1.99. The number of rotatable bonds is 2. The van der Waals surface area contributed by atoms with Crippen molar-refractivity contribution in [1.29, 1.82) is 0 Å². The largest absolute Gasteiger partial charge is 0.507 e. The Balaban J connectivity index is 2.49. The van der Waals surface area contributed by atoms with Crippen molar-refractivity contribution in [2.75, 3.05) is 5.32 Å². The first-order valence-electron chi connectivity index (χ1n) is 8.20. The number of nitrogens with zero attached hydrogens (tertiary/aromatic N) is 1. The molecule has 1 amide bonds. The van der Waals surface area contributed by atoms with Crippen LogP contribution >= 0.6 is 11.6 Å². The van der Waals surface area contributed by atoms with Gasteiger partial charge in [-0.1, -0.05) is 53.1 Å². The molecule has 1 heterocycles. The zero-order chi connectivity index (χ0) is 19.0. The summed E-state index contributed by atoms with van der Waals surface area (Å²) in [6.45, 7) is 12.1. The third-order valence-electron chi connectivity index (χ3n) is 3.97. The van der Waals surface area contributed by atoms with Crippen molar-refractivity contribution < 1.29 is 9.90 Å². The van der Waals surface area contributed by atoms with E-state index >= 15 is 0 Å². The fourth-order valence-corrected chi connectivity index (χ4v) is 2.67. The summed E-state index contributed by atoms with van der Waals surface area (Å²) < 4.78 is 0. The first-order valence-corrected chi connectivity index (χ1v) is 8.58. The molecule has 0 bridgehead atoms. The average Bonchev–Trinajstić information content (AvgIpc) is 2.47. The van der Waals surface area contributed by atoms with Crippen LogP contribution in [0.25, 0.3) is 0 Å². The molecule has 4 nitrogen and oxygen atoms in total. The molecule has 0 unspecified atom stereocenters. The molecule has 0 aliphatic carbocycles. The number of benzene rings is 1. The van der Waals surface area contributed by atoms with Crippen LogP contribution in [0.2, 0.25) is 5.15 Å². The molecule has 1 aromatic carbocycles. The molecule has 5 heteroatoms. The van der Waals surface area contributed by atoms with Crippen LogP contribution in [0.3, 0.4) is 0 Å². The quantitative estimate of drug-likeness (QED) is 0.715. The molecule has 2 rings (SSSR count). The standard InChI is InChI=1S/C20H25ClN2O2/c1-19(2,3)14-9-12(10-15(17(14)24)20(4,5)6)18(25)23-13-7-8-16(21)22-11-13/h7-11,24H,1-6H3,(H,23,25). The number of anilines is 1. The third kappa shape index (κ3) is 4.51. The molecule has 1 aromatic heterocycles. The Morgan fingerprint density at radius 3 is 1.96 bits per heavy atom. The van der Waals surface area contributed by atoms with Gasteiger partial charge in [-0.2, -0.15) is 0 Å². The van der Waals surface area contributed by atoms with Crippen molar-refractivity contribution in [2.24, 2.45) is 0 Å². The number of halogens is 1. The molecule has 0 atom stereocenters. The molecule has 0 aliphatic heterocycles. The van der Waals surface area contributed by atoms with Crippen LogP contribution in [0.1, 0.15) is 63.0 Å². The van der Waals surface area contributed by atoms with Crippen LogP contribution in [0.4, 0.5) is 5.69 Å². The van der Waals surface area contributed by atoms with Crippen molar-refractivity contribution in [3.8, 4) is 5.75 Å². The van der Waals surface area contributed by atoms with Gasteiger partial charge in [0.25, 0.3) is 5.91 Å². The van der Waals surface area contributed by atoms with Crippen LogP contribution in [0.15, 0.2) is 30.5 Å². The second-order valence-corrected chi connectivity index (χ2v) is 8.63. The number of hydrogen-bond acceptors (Lipinski definition) is 3. The molecule has 0 aliphatic rings. The van der Waals surface area contributed by atoms with Crippen LogP contribution in [-0.2, 0) is 10.8 Å². The van der Waals surface area contributed by atoms with E-state index in [2.05, 4.69) is 10.3 Å². The summed E-state index contributed by atoms with van der Waals surface area (Å²) in [5, 5.41) is 13.9. The van der Waals surface area contributed by atoms with E-state index < -0.39 is 0 Å². The van der Waals surface area contributed by atoms with Crippen molar-refractivity contribution in [3.63, 3.8) is 0 Å². The molecule has 2 aromatic rings. The fourth-order valence-electron chi connectivity index (χ4n) is 2.56. The smallest absolute Gasteiger partial charge is 0.255 e. The van der Waals surface area contributed by atoms with Gasteiger partial charge in [-0.3, -0.25) is 4.79 Å². The summed E-state index contributed by atoms with van der Waals surface area (Å²) in [6.07, 6.45) is 1.51. The van der Waals surface area contributed by atoms with Gasteiger partial charge in [-0.25, -0.2) is 4.98 Å². The van der Waals surface area contributed by atoms with Gasteiger partial charge in [0.05, 0.1) is 11.9 Å². The number of phenols is 1. The highest BCUT2D eigenvalue weighted by molar-refractivity contribution is 6.29. The number of nitrogens with one attached hydrogen (secondary N) is 1. The van der Waals surface area contributed by atoms with E-state index in [0.29, 0.717) is 16.4 Å². The van der Waals surface area contributed by atoms with Crippen LogP contribution < -0.4 is 5.32 Å². The Bertz CT molecular complexity index is 750. The maximum absolute atomic E-state index is 12.7. The molecule has 0 spiro atoms. The Morgan fingerprint density at radius 2 is 1.56 bits per heavy atom. The summed E-state index contributed by atoms with van der Waals surface area (Å²) in [6, 6.07) is 6.82. The van der Waals surface area contributed by atoms with E-state index in [-0.39, 0.29) is 22.5 Å². The highest BCUT2D eigenvalue weighted by Crippen LogP contribution is 2.39. The zero-order valence-corrected chi connectivity index (χ0v) is 16.3. The third-order valence-corrected chi connectivity index (χ3v) is 4.20. The van der Waals surface area contributed by atoms with Crippen LogP contribution in [-0.4, -0.2) is 16.0 Å². The average molecular weight is 361 g/mol. The normalized spacial score (nSPS) is 12.1. The maximum Gasteiger partial charge on any atom is 0.255 e. The Labute approximate surface area is 154 Å². The second-order valence-electron chi connectivity index (χ2n) is 8.24. The topological polar surface area (TPSA) is 62.2 Å². The number of carbonyl (C=O) groups is 1. The molecule has 0 saturated heterocycles. The van der Waals surface area contributed by atoms with Gasteiger partial charge in [0.1, 0.15) is 10.9 Å². The second kappa shape index (κ2) is 6.68. The number of phenolic OH excluding ortho intramolecular Hbond substituents is 1. The van der Waals surface area contributed by atoms with Crippen molar-refractivity contribution in [3.05, 3.63) is 52.3 Å². The monoisotopic (exact) mass is 360 g/mol. The zero-order valence-electron chi connectivity index (χ0n) is 15.6. The van der Waals surface area contributed by atoms with E-state index in [1.165, 1.54) is 6.20 Å². The van der Waals surface area contributed by atoms with E-state index in [4.69, 9.17) is 11.6 Å². The summed E-state index contributed by atoms with van der Waals surface area (Å²) in [5.74, 6) is 0.00447. The Morgan fingerprint density at radius 1 is 1.04 bits per heavy atom. The number of carbonyl (C=O) groups excluding carboxylic acids is 1. The van der Waals surface area contributed by atoms with Gasteiger partial charge in [0.15, 0.2) is 0 Å². The van der Waals surface area contributed by atoms with E-state index in [1.54, 1.807) is 24.3 Å². The summed E-state index contributed by atoms with van der Waals surface area (Å²) in [4.78, 5) is 16.7. The van der Waals surface area contributed by atoms with Gasteiger partial charge in [0.2, 0.25) is 0 Å². The van der Waals surface area contributed by atoms with E-state index in [9.17, 15) is 9.90 Å². The highest BCUT2D eigenvalue weighted by Gasteiger charge is 2.27. The lowest BCUT2D eigenvalue weighted by atomic mass is 9.78. The summed E-state index contributed by atoms with van der Waals surface area (Å²) in [7, 11) is 0. The molecule has 0 saturated carbocycles. The number of aromatic nitrogens is 1. The molecule has 0 fully saturated rings. The fraction of sp³-hybridized carbons (Fsp3) is 0.400. The lowest BCUT2D eigenvalue weighted by Gasteiger charge is -2.28. The molecule has 134 valence electrons. The van der Waals surface area contributed by atoms with Gasteiger partial charge in [-0.15, -0.1) is 0 Å². The number of amides is 1. The number of aromatic hydroxyl groups is 1. The van der Waals surface area contributed by atoms with Gasteiger partial charge in [0, 0.05) is 16.7 Å². The number of pyridine rings is 1. The molecular weight excluding hydrogens is 336 g/mol. The van der Waals surface area contributed by atoms with Crippen LogP contribution in [0, 0.1) is 0 Å². The lowest BCUT2D eigenvalue weighted by molar-refractivity contribution is 0.102. The van der Waals surface area contributed by atoms with Crippen LogP contribution in [0.5, 0.6) is 5.75 Å². The summed E-state index contributed by atoms with van der Waals surface area (Å²) >= 11 is 5.77. The molecule has 2 N–H and O–H groups in total. The first-order chi connectivity index (χ1) is 11.4. The van der Waals surface area contributed by atoms with Crippen molar-refractivity contribution in [2.45, 2.75) is 52.4 Å². The predicted octanol–water partition coefficient (Wildman–Crippen LogP) is 5.29. The SMILES string of the molecule is CC(C)(C)c1cc(C(=O)Nc2ccc(Cl)nc2)cc(C(C)(C)C)c1O. The molecule has 0 radical (unpaired) electrons. The Kier molecular flexibility index (Phi) is 5.14. The van der Waals surface area contributed by atoms with Crippen molar-refractivity contribution >= 4 is 23.2 Å². The van der Waals surface area contributed by atoms with E-state index in [1.807, 2.05) is 41.5 Å². The Hall–Kier alpha value is -2.07. The minimum absolute atomic E-state index is 0.250. The predicted molar refractivity (Wildman–Crippen MR) is 103 cm³/mol. The minimum Gasteiger partial charge on any atom is -0.507 e. The van der Waals surface area contributed by atoms with Gasteiger partial charge in [-0.05, 0) is 35.1 Å². The van der Waals surface area contributed by atoms with E-state index in [0.717, 1.165) is 11.1 Å². The maximum atomic E-state index is 12.7. The molecular formula is C20H25ClN2O2. The minimum atomic E-state index is -0.289. The van der Waals surface area contributed by atoms with Gasteiger partial charge >= 0.3 is 0 Å². The highest BCUT2D eigenvalue weighted by atomic mass is 35.5. The molecule has 25 heavy (non-hydrogen) atoms. The van der Waals surface area contributed by atoms with Gasteiger partial charge < -0.3 is 10.4 Å².